The minimum atomic E-state index is -0.381. The minimum Gasteiger partial charge on any atom is -0.462 e. The number of nitrogens with one attached hydrogen (secondary N) is 1. The van der Waals surface area contributed by atoms with Crippen molar-refractivity contribution in [1.29, 1.82) is 0 Å². The van der Waals surface area contributed by atoms with Crippen LogP contribution in [-0.4, -0.2) is 17.5 Å². The lowest BCUT2D eigenvalue weighted by Gasteiger charge is -2.37. The summed E-state index contributed by atoms with van der Waals surface area (Å²) in [5.41, 5.74) is 3.80. The maximum atomic E-state index is 12.4. The van der Waals surface area contributed by atoms with Crippen LogP contribution >= 0.6 is 0 Å². The van der Waals surface area contributed by atoms with Crippen LogP contribution in [0.3, 0.4) is 0 Å². The van der Waals surface area contributed by atoms with E-state index in [1.807, 2.05) is 24.3 Å². The van der Waals surface area contributed by atoms with E-state index in [4.69, 9.17) is 4.74 Å². The molecule has 4 rings (SSSR count). The van der Waals surface area contributed by atoms with E-state index in [-0.39, 0.29) is 28.5 Å². The Hall–Kier alpha value is -3.15. The highest BCUT2D eigenvalue weighted by Crippen LogP contribution is 2.50. The first-order valence-electron chi connectivity index (χ1n) is 10.1. The number of anilines is 1. The highest BCUT2D eigenvalue weighted by molar-refractivity contribution is 5.90. The second-order valence-corrected chi connectivity index (χ2v) is 7.62. The molecule has 29 heavy (non-hydrogen) atoms. The smallest absolute Gasteiger partial charge is 0.338 e. The number of non-ortho nitro benzene ring substituents is 1. The summed E-state index contributed by atoms with van der Waals surface area (Å²) in [6.07, 6.45) is 7.15. The largest absolute Gasteiger partial charge is 0.462 e. The van der Waals surface area contributed by atoms with Gasteiger partial charge in [-0.3, -0.25) is 10.1 Å². The zero-order valence-electron chi connectivity index (χ0n) is 16.3. The van der Waals surface area contributed by atoms with Crippen LogP contribution in [0, 0.1) is 16.0 Å². The van der Waals surface area contributed by atoms with Gasteiger partial charge in [0.2, 0.25) is 0 Å². The van der Waals surface area contributed by atoms with Gasteiger partial charge in [0, 0.05) is 23.7 Å². The number of allylic oxidation sites excluding steroid dienone is 2. The van der Waals surface area contributed by atoms with Crippen molar-refractivity contribution in [3.63, 3.8) is 0 Å². The highest BCUT2D eigenvalue weighted by atomic mass is 16.6. The lowest BCUT2D eigenvalue weighted by molar-refractivity contribution is -0.384. The zero-order valence-corrected chi connectivity index (χ0v) is 16.3. The second kappa shape index (κ2) is 8.07. The Morgan fingerprint density at radius 3 is 2.76 bits per heavy atom. The third-order valence-electron chi connectivity index (χ3n) is 5.79. The van der Waals surface area contributed by atoms with Crippen LogP contribution in [0.1, 0.15) is 59.6 Å². The molecule has 150 valence electrons. The van der Waals surface area contributed by atoms with Crippen LogP contribution in [0.25, 0.3) is 0 Å². The lowest BCUT2D eigenvalue weighted by Crippen LogP contribution is -2.29. The Labute approximate surface area is 169 Å². The van der Waals surface area contributed by atoms with Gasteiger partial charge in [-0.2, -0.15) is 0 Å². The number of esters is 1. The topological polar surface area (TPSA) is 81.5 Å². The first-order chi connectivity index (χ1) is 14.1. The maximum Gasteiger partial charge on any atom is 0.338 e. The molecule has 2 aromatic carbocycles. The van der Waals surface area contributed by atoms with Crippen molar-refractivity contribution in [1.82, 2.24) is 0 Å². The Bertz CT molecular complexity index is 952. The molecular weight excluding hydrogens is 368 g/mol. The van der Waals surface area contributed by atoms with E-state index in [9.17, 15) is 14.9 Å². The van der Waals surface area contributed by atoms with E-state index in [1.165, 1.54) is 0 Å². The maximum absolute atomic E-state index is 12.4. The van der Waals surface area contributed by atoms with Gasteiger partial charge < -0.3 is 10.1 Å². The Morgan fingerprint density at radius 2 is 2.03 bits per heavy atom. The van der Waals surface area contributed by atoms with Gasteiger partial charge in [0.05, 0.1) is 23.1 Å². The van der Waals surface area contributed by atoms with Crippen LogP contribution in [0.15, 0.2) is 54.6 Å². The molecule has 1 heterocycles. The molecule has 2 aliphatic rings. The van der Waals surface area contributed by atoms with Gasteiger partial charge >= 0.3 is 5.97 Å². The third kappa shape index (κ3) is 3.75. The van der Waals surface area contributed by atoms with Crippen LogP contribution < -0.4 is 5.32 Å². The quantitative estimate of drug-likeness (QED) is 0.235. The first kappa shape index (κ1) is 19.2. The number of nitrogens with zero attached hydrogens (tertiary/aromatic N) is 1. The molecule has 0 spiro atoms. The van der Waals surface area contributed by atoms with Crippen LogP contribution in [0.5, 0.6) is 0 Å². The fraction of sp³-hybridized carbons (Fsp3) is 0.348. The van der Waals surface area contributed by atoms with Gasteiger partial charge in [0.15, 0.2) is 0 Å². The predicted octanol–water partition coefficient (Wildman–Crippen LogP) is 5.38. The number of nitro groups is 1. The molecule has 0 fully saturated rings. The van der Waals surface area contributed by atoms with Gasteiger partial charge in [-0.05, 0) is 48.1 Å². The second-order valence-electron chi connectivity index (χ2n) is 7.62. The van der Waals surface area contributed by atoms with Crippen molar-refractivity contribution in [2.24, 2.45) is 5.92 Å². The Kier molecular flexibility index (Phi) is 5.34. The number of rotatable bonds is 6. The normalized spacial score (nSPS) is 21.8. The number of carbonyl (C=O) groups excluding carboxylic acids is 1. The number of ether oxygens (including phenoxy) is 1. The molecule has 0 saturated carbocycles. The monoisotopic (exact) mass is 392 g/mol. The number of nitro benzene ring substituents is 1. The molecule has 1 aliphatic carbocycles. The van der Waals surface area contributed by atoms with E-state index in [0.29, 0.717) is 18.1 Å². The van der Waals surface area contributed by atoms with E-state index >= 15 is 0 Å². The molecule has 0 amide bonds. The number of unbranched alkanes of at least 4 members (excludes halogenated alkanes) is 1. The third-order valence-corrected chi connectivity index (χ3v) is 5.79. The minimum absolute atomic E-state index is 0.0608. The van der Waals surface area contributed by atoms with E-state index in [2.05, 4.69) is 24.4 Å². The average molecular weight is 392 g/mol. The van der Waals surface area contributed by atoms with Crippen LogP contribution in [0.4, 0.5) is 11.4 Å². The van der Waals surface area contributed by atoms with Gasteiger partial charge in [-0.15, -0.1) is 0 Å². The van der Waals surface area contributed by atoms with Gasteiger partial charge in [-0.1, -0.05) is 37.6 Å². The molecular formula is C23H24N2O4. The number of carbonyl (C=O) groups is 1. The van der Waals surface area contributed by atoms with Crippen molar-refractivity contribution in [3.8, 4) is 0 Å². The van der Waals surface area contributed by atoms with Crippen molar-refractivity contribution in [2.45, 2.75) is 38.1 Å². The van der Waals surface area contributed by atoms with E-state index in [0.717, 1.165) is 36.1 Å². The molecule has 0 bridgehead atoms. The number of fused-ring (bicyclic) bond motifs is 3. The van der Waals surface area contributed by atoms with Gasteiger partial charge in [0.25, 0.3) is 5.69 Å². The van der Waals surface area contributed by atoms with Crippen molar-refractivity contribution >= 4 is 17.3 Å². The molecule has 0 unspecified atom stereocenters. The Morgan fingerprint density at radius 1 is 1.24 bits per heavy atom. The summed E-state index contributed by atoms with van der Waals surface area (Å²) in [5.74, 6) is 0.224. The Balaban J connectivity index is 1.60. The average Bonchev–Trinajstić information content (AvgIpc) is 3.23. The summed E-state index contributed by atoms with van der Waals surface area (Å²) < 4.78 is 5.36. The number of hydrogen-bond donors (Lipinski definition) is 1. The SMILES string of the molecule is CCCCOC(=O)c1ccc2c(c1)[C@H]1C=CC[C@H]1[C@H](c1ccc([N+](=O)[O-])cc1)N2. The summed E-state index contributed by atoms with van der Waals surface area (Å²) in [7, 11) is 0. The number of benzene rings is 2. The van der Waals surface area contributed by atoms with Gasteiger partial charge in [0.1, 0.15) is 0 Å². The number of hydrogen-bond acceptors (Lipinski definition) is 5. The van der Waals surface area contributed by atoms with Crippen molar-refractivity contribution in [3.05, 3.63) is 81.4 Å². The highest BCUT2D eigenvalue weighted by Gasteiger charge is 2.38. The summed E-state index contributed by atoms with van der Waals surface area (Å²) in [4.78, 5) is 22.9. The van der Waals surface area contributed by atoms with E-state index < -0.39 is 0 Å². The molecule has 0 aromatic heterocycles. The molecule has 1 N–H and O–H groups in total. The molecule has 6 nitrogen and oxygen atoms in total. The fourth-order valence-electron chi connectivity index (χ4n) is 4.25. The summed E-state index contributed by atoms with van der Waals surface area (Å²) >= 11 is 0. The van der Waals surface area contributed by atoms with Crippen LogP contribution in [-0.2, 0) is 4.74 Å². The zero-order chi connectivity index (χ0) is 20.4. The molecule has 6 heteroatoms. The standard InChI is InChI=1S/C23H24N2O4/c1-2-3-13-29-23(26)16-9-12-21-20(14-16)18-5-4-6-19(18)22(24-21)15-7-10-17(11-8-15)25(27)28/h4-5,7-12,14,18-19,22,24H,2-3,6,13H2,1H3/t18-,19+,22-/m0/s1. The van der Waals surface area contributed by atoms with E-state index in [1.54, 1.807) is 18.2 Å². The molecule has 2 aromatic rings. The lowest BCUT2D eigenvalue weighted by atomic mass is 9.76. The van der Waals surface area contributed by atoms with Crippen molar-refractivity contribution < 1.29 is 14.5 Å². The summed E-state index contributed by atoms with van der Waals surface area (Å²) in [5, 5.41) is 14.5. The molecule has 0 radical (unpaired) electrons. The molecule has 3 atom stereocenters. The first-order valence-corrected chi connectivity index (χ1v) is 10.1. The summed E-state index contributed by atoms with van der Waals surface area (Å²) in [6.45, 7) is 2.51. The van der Waals surface area contributed by atoms with Crippen molar-refractivity contribution in [2.75, 3.05) is 11.9 Å². The molecule has 1 aliphatic heterocycles. The van der Waals surface area contributed by atoms with Gasteiger partial charge in [-0.25, -0.2) is 4.79 Å². The predicted molar refractivity (Wildman–Crippen MR) is 111 cm³/mol. The summed E-state index contributed by atoms with van der Waals surface area (Å²) in [6, 6.07) is 12.5. The fourth-order valence-corrected chi connectivity index (χ4v) is 4.25. The molecule has 0 saturated heterocycles. The van der Waals surface area contributed by atoms with Crippen LogP contribution in [0.2, 0.25) is 0 Å².